The van der Waals surface area contributed by atoms with Crippen molar-refractivity contribution in [2.75, 3.05) is 25.2 Å². The first kappa shape index (κ1) is 21.8. The number of nitrogens with zero attached hydrogens (tertiary/aromatic N) is 2. The van der Waals surface area contributed by atoms with Crippen molar-refractivity contribution in [3.05, 3.63) is 65.5 Å². The van der Waals surface area contributed by atoms with Crippen LogP contribution in [0.5, 0.6) is 5.75 Å². The predicted molar refractivity (Wildman–Crippen MR) is 120 cm³/mol. The zero-order valence-corrected chi connectivity index (χ0v) is 18.7. The molecule has 0 aliphatic carbocycles. The van der Waals surface area contributed by atoms with Crippen molar-refractivity contribution in [2.24, 2.45) is 4.99 Å². The highest BCUT2D eigenvalue weighted by Crippen LogP contribution is 2.38. The summed E-state index contributed by atoms with van der Waals surface area (Å²) in [5.41, 5.74) is 1.78. The van der Waals surface area contributed by atoms with E-state index in [-0.39, 0.29) is 40.9 Å². The van der Waals surface area contributed by atoms with Crippen LogP contribution in [0.2, 0.25) is 0 Å². The van der Waals surface area contributed by atoms with Crippen LogP contribution in [0.4, 0.5) is 4.39 Å². The zero-order valence-electron chi connectivity index (χ0n) is 17.0. The topological polar surface area (TPSA) is 76.0 Å². The monoisotopic (exact) mass is 462 g/mol. The van der Waals surface area contributed by atoms with E-state index in [0.717, 1.165) is 11.3 Å². The van der Waals surface area contributed by atoms with Gasteiger partial charge in [-0.1, -0.05) is 36.0 Å². The highest BCUT2D eigenvalue weighted by molar-refractivity contribution is 8.15. The molecule has 9 heteroatoms. The van der Waals surface area contributed by atoms with E-state index in [0.29, 0.717) is 23.7 Å². The number of thioether (sulfide) groups is 1. The summed E-state index contributed by atoms with van der Waals surface area (Å²) in [5, 5.41) is 0.462. The predicted octanol–water partition coefficient (Wildman–Crippen LogP) is 2.72. The minimum Gasteiger partial charge on any atom is -0.497 e. The van der Waals surface area contributed by atoms with Crippen molar-refractivity contribution < 1.29 is 22.3 Å². The van der Waals surface area contributed by atoms with Crippen molar-refractivity contribution in [3.8, 4) is 5.75 Å². The summed E-state index contributed by atoms with van der Waals surface area (Å²) < 4.78 is 42.6. The van der Waals surface area contributed by atoms with Crippen LogP contribution in [-0.2, 0) is 27.5 Å². The lowest BCUT2D eigenvalue weighted by Gasteiger charge is -2.24. The molecule has 1 amide bonds. The third-order valence-electron chi connectivity index (χ3n) is 5.46. The maximum Gasteiger partial charge on any atom is 0.252 e. The van der Waals surface area contributed by atoms with Crippen LogP contribution in [0, 0.1) is 5.82 Å². The van der Waals surface area contributed by atoms with Gasteiger partial charge in [0.15, 0.2) is 15.0 Å². The fourth-order valence-corrected chi connectivity index (χ4v) is 7.86. The van der Waals surface area contributed by atoms with Gasteiger partial charge < -0.3 is 9.64 Å². The molecule has 0 saturated carbocycles. The molecule has 0 N–H and O–H groups in total. The number of halogens is 1. The molecule has 164 valence electrons. The third-order valence-corrected chi connectivity index (χ3v) is 8.71. The molecule has 0 bridgehead atoms. The first-order valence-corrected chi connectivity index (χ1v) is 12.7. The van der Waals surface area contributed by atoms with Crippen LogP contribution in [0.3, 0.4) is 0 Å². The maximum atomic E-state index is 13.1. The molecule has 2 aromatic carbocycles. The number of amidine groups is 1. The maximum absolute atomic E-state index is 13.1. The molecule has 0 spiro atoms. The molecule has 6 nitrogen and oxygen atoms in total. The zero-order chi connectivity index (χ0) is 22.0. The molecule has 2 unspecified atom stereocenters. The number of benzene rings is 2. The minimum absolute atomic E-state index is 0.0737. The van der Waals surface area contributed by atoms with Gasteiger partial charge in [0.05, 0.1) is 31.1 Å². The molecular weight excluding hydrogens is 439 g/mol. The van der Waals surface area contributed by atoms with Crippen molar-refractivity contribution in [1.82, 2.24) is 4.90 Å². The first-order valence-electron chi connectivity index (χ1n) is 9.95. The van der Waals surface area contributed by atoms with E-state index in [4.69, 9.17) is 4.74 Å². The lowest BCUT2D eigenvalue weighted by Crippen LogP contribution is -2.39. The second kappa shape index (κ2) is 9.00. The van der Waals surface area contributed by atoms with E-state index in [1.807, 2.05) is 29.2 Å². The second-order valence-electron chi connectivity index (χ2n) is 7.68. The Morgan fingerprint density at radius 1 is 1.13 bits per heavy atom. The van der Waals surface area contributed by atoms with Gasteiger partial charge in [-0.3, -0.25) is 4.79 Å². The minimum atomic E-state index is -3.09. The van der Waals surface area contributed by atoms with E-state index in [1.165, 1.54) is 23.9 Å². The number of rotatable bonds is 6. The lowest BCUT2D eigenvalue weighted by molar-refractivity contribution is -0.117. The van der Waals surface area contributed by atoms with Crippen molar-refractivity contribution in [1.29, 1.82) is 0 Å². The molecule has 2 aliphatic rings. The van der Waals surface area contributed by atoms with E-state index < -0.39 is 9.84 Å². The number of carbonyl (C=O) groups is 1. The van der Waals surface area contributed by atoms with Gasteiger partial charge in [0.25, 0.3) is 5.91 Å². The van der Waals surface area contributed by atoms with Crippen LogP contribution in [0.25, 0.3) is 0 Å². The van der Waals surface area contributed by atoms with E-state index in [9.17, 15) is 17.6 Å². The summed E-state index contributed by atoms with van der Waals surface area (Å²) in [4.78, 5) is 18.8. The summed E-state index contributed by atoms with van der Waals surface area (Å²) in [6.45, 7) is 0.568. The Bertz CT molecular complexity index is 1090. The molecule has 2 fully saturated rings. The lowest BCUT2D eigenvalue weighted by atomic mass is 10.1. The largest absolute Gasteiger partial charge is 0.497 e. The fourth-order valence-electron chi connectivity index (χ4n) is 3.86. The fraction of sp³-hybridized carbons (Fsp3) is 0.364. The molecule has 2 saturated heterocycles. The third kappa shape index (κ3) is 5.27. The Hall–Kier alpha value is -2.39. The molecule has 0 aromatic heterocycles. The molecular formula is C22H23FN2O4S2. The quantitative estimate of drug-likeness (QED) is 0.657. The smallest absolute Gasteiger partial charge is 0.252 e. The number of hydrogen-bond donors (Lipinski definition) is 0. The molecule has 2 aliphatic heterocycles. The number of amides is 1. The molecule has 4 rings (SSSR count). The van der Waals surface area contributed by atoms with Gasteiger partial charge in [-0.05, 0) is 41.8 Å². The summed E-state index contributed by atoms with van der Waals surface area (Å²) in [7, 11) is -1.48. The summed E-state index contributed by atoms with van der Waals surface area (Å²) in [5.74, 6) is 0.278. The molecule has 2 aromatic rings. The molecule has 0 radical (unpaired) electrons. The van der Waals surface area contributed by atoms with E-state index >= 15 is 0 Å². The highest BCUT2D eigenvalue weighted by atomic mass is 32.2. The van der Waals surface area contributed by atoms with Gasteiger partial charge in [0, 0.05) is 11.8 Å². The Balaban J connectivity index is 1.49. The van der Waals surface area contributed by atoms with E-state index in [2.05, 4.69) is 4.99 Å². The number of fused-ring (bicyclic) bond motifs is 1. The number of ether oxygens (including phenoxy) is 1. The van der Waals surface area contributed by atoms with Crippen LogP contribution in [0.1, 0.15) is 11.1 Å². The average molecular weight is 463 g/mol. The van der Waals surface area contributed by atoms with Crippen LogP contribution < -0.4 is 4.74 Å². The normalized spacial score (nSPS) is 23.2. The Morgan fingerprint density at radius 2 is 1.81 bits per heavy atom. The van der Waals surface area contributed by atoms with Crippen LogP contribution >= 0.6 is 11.8 Å². The number of sulfone groups is 1. The Labute approximate surface area is 185 Å². The average Bonchev–Trinajstić information content (AvgIpc) is 3.19. The van der Waals surface area contributed by atoms with E-state index in [1.54, 1.807) is 19.2 Å². The van der Waals surface area contributed by atoms with Gasteiger partial charge in [0.2, 0.25) is 0 Å². The van der Waals surface area contributed by atoms with Gasteiger partial charge in [-0.15, -0.1) is 0 Å². The van der Waals surface area contributed by atoms with Gasteiger partial charge >= 0.3 is 0 Å². The van der Waals surface area contributed by atoms with Crippen LogP contribution in [0.15, 0.2) is 53.5 Å². The number of hydrogen-bond acceptors (Lipinski definition) is 5. The van der Waals surface area contributed by atoms with Gasteiger partial charge in [-0.25, -0.2) is 12.8 Å². The summed E-state index contributed by atoms with van der Waals surface area (Å²) in [6, 6.07) is 13.3. The molecule has 31 heavy (non-hydrogen) atoms. The van der Waals surface area contributed by atoms with Gasteiger partial charge in [0.1, 0.15) is 11.6 Å². The Kier molecular flexibility index (Phi) is 6.34. The van der Waals surface area contributed by atoms with Crippen molar-refractivity contribution in [2.45, 2.75) is 24.1 Å². The van der Waals surface area contributed by atoms with Crippen molar-refractivity contribution in [3.63, 3.8) is 0 Å². The first-order chi connectivity index (χ1) is 14.8. The number of carbonyl (C=O) groups excluding carboxylic acids is 1. The van der Waals surface area contributed by atoms with Crippen molar-refractivity contribution >= 4 is 32.7 Å². The molecule has 2 heterocycles. The second-order valence-corrected chi connectivity index (χ2v) is 11.0. The highest BCUT2D eigenvalue weighted by Gasteiger charge is 2.48. The number of methoxy groups -OCH3 is 1. The summed E-state index contributed by atoms with van der Waals surface area (Å²) in [6.07, 6.45) is 0.767. The van der Waals surface area contributed by atoms with Crippen LogP contribution in [-0.4, -0.2) is 60.8 Å². The Morgan fingerprint density at radius 3 is 2.48 bits per heavy atom. The summed E-state index contributed by atoms with van der Waals surface area (Å²) >= 11 is 1.37. The SMILES string of the molecule is COc1ccc(CCN2C(=NC(=O)Cc3ccc(F)cc3)SC3CS(=O)(=O)CC32)cc1. The molecule has 2 atom stereocenters. The number of aliphatic imine (C=N–C) groups is 1. The standard InChI is InChI=1S/C22H23FN2O4S2/c1-29-18-8-4-15(5-9-18)10-11-25-19-13-31(27,28)14-20(19)30-22(25)24-21(26)12-16-2-6-17(23)7-3-16/h2-9,19-20H,10-14H2,1H3. The van der Waals surface area contributed by atoms with Gasteiger partial charge in [-0.2, -0.15) is 4.99 Å².